The summed E-state index contributed by atoms with van der Waals surface area (Å²) in [4.78, 5) is 20.5. The van der Waals surface area contributed by atoms with Crippen molar-refractivity contribution in [2.45, 2.75) is 40.0 Å². The number of carboxylic acids is 1. The van der Waals surface area contributed by atoms with E-state index in [0.717, 1.165) is 11.1 Å². The van der Waals surface area contributed by atoms with E-state index in [1.54, 1.807) is 0 Å². The fourth-order valence-corrected chi connectivity index (χ4v) is 2.35. The molecule has 0 spiro atoms. The number of aryl methyl sites for hydroxylation is 2. The van der Waals surface area contributed by atoms with Gasteiger partial charge in [0, 0.05) is 5.56 Å². The minimum atomic E-state index is -0.952. The van der Waals surface area contributed by atoms with Crippen LogP contribution in [0, 0.1) is 6.92 Å². The number of carbonyl (C=O) groups is 1. The van der Waals surface area contributed by atoms with Gasteiger partial charge in [-0.25, -0.2) is 14.8 Å². The van der Waals surface area contributed by atoms with E-state index in [-0.39, 0.29) is 11.5 Å². The molecule has 1 aromatic carbocycles. The Morgan fingerprint density at radius 1 is 1.29 bits per heavy atom. The molecule has 0 saturated heterocycles. The zero-order chi connectivity index (χ0) is 15.6. The number of aromatic carboxylic acids is 1. The lowest BCUT2D eigenvalue weighted by molar-refractivity contribution is 0.0693. The maximum atomic E-state index is 11.5. The fourth-order valence-electron chi connectivity index (χ4n) is 2.35. The predicted molar refractivity (Wildman–Crippen MR) is 82.6 cm³/mol. The first-order chi connectivity index (χ1) is 9.93. The standard InChI is InChI=1S/C17H20N2O2/c1-5-13-14(17(20)21)15(10(2)3)19-16(18-13)12-8-6-7-11(4)9-12/h6-10H,5H2,1-4H3,(H,20,21). The van der Waals surface area contributed by atoms with Crippen LogP contribution in [0.25, 0.3) is 11.4 Å². The van der Waals surface area contributed by atoms with Gasteiger partial charge in [-0.1, -0.05) is 44.5 Å². The van der Waals surface area contributed by atoms with Gasteiger partial charge < -0.3 is 5.11 Å². The van der Waals surface area contributed by atoms with Gasteiger partial charge in [-0.05, 0) is 25.3 Å². The van der Waals surface area contributed by atoms with Crippen molar-refractivity contribution in [3.8, 4) is 11.4 Å². The second-order valence-electron chi connectivity index (χ2n) is 5.44. The summed E-state index contributed by atoms with van der Waals surface area (Å²) in [5.74, 6) is -0.316. The molecule has 0 unspecified atom stereocenters. The highest BCUT2D eigenvalue weighted by Crippen LogP contribution is 2.25. The van der Waals surface area contributed by atoms with Gasteiger partial charge in [0.15, 0.2) is 5.82 Å². The van der Waals surface area contributed by atoms with Crippen molar-refractivity contribution in [1.29, 1.82) is 0 Å². The van der Waals surface area contributed by atoms with Gasteiger partial charge in [-0.3, -0.25) is 0 Å². The molecule has 0 radical (unpaired) electrons. The molecule has 2 aromatic rings. The number of rotatable bonds is 4. The summed E-state index contributed by atoms with van der Waals surface area (Å²) in [5.41, 5.74) is 3.50. The van der Waals surface area contributed by atoms with E-state index in [2.05, 4.69) is 9.97 Å². The van der Waals surface area contributed by atoms with Crippen LogP contribution < -0.4 is 0 Å². The van der Waals surface area contributed by atoms with Crippen LogP contribution in [0.4, 0.5) is 0 Å². The SMILES string of the molecule is CCc1nc(-c2cccc(C)c2)nc(C(C)C)c1C(=O)O. The van der Waals surface area contributed by atoms with E-state index in [1.807, 2.05) is 52.0 Å². The molecule has 0 bridgehead atoms. The number of carboxylic acid groups (broad SMARTS) is 1. The van der Waals surface area contributed by atoms with Crippen LogP contribution in [-0.4, -0.2) is 21.0 Å². The normalized spacial score (nSPS) is 10.9. The third kappa shape index (κ3) is 3.10. The van der Waals surface area contributed by atoms with Crippen molar-refractivity contribution in [1.82, 2.24) is 9.97 Å². The van der Waals surface area contributed by atoms with Crippen molar-refractivity contribution >= 4 is 5.97 Å². The lowest BCUT2D eigenvalue weighted by Crippen LogP contribution is -2.13. The van der Waals surface area contributed by atoms with Crippen LogP contribution in [-0.2, 0) is 6.42 Å². The molecule has 0 aliphatic rings. The summed E-state index contributed by atoms with van der Waals surface area (Å²) in [6.45, 7) is 7.83. The van der Waals surface area contributed by atoms with Gasteiger partial charge in [-0.2, -0.15) is 0 Å². The topological polar surface area (TPSA) is 63.1 Å². The first-order valence-corrected chi connectivity index (χ1v) is 7.15. The van der Waals surface area contributed by atoms with E-state index in [4.69, 9.17) is 0 Å². The fraction of sp³-hybridized carbons (Fsp3) is 0.353. The minimum absolute atomic E-state index is 0.0351. The maximum Gasteiger partial charge on any atom is 0.339 e. The van der Waals surface area contributed by atoms with Crippen LogP contribution in [0.3, 0.4) is 0 Å². The Morgan fingerprint density at radius 2 is 2.00 bits per heavy atom. The number of aromatic nitrogens is 2. The van der Waals surface area contributed by atoms with Gasteiger partial charge in [-0.15, -0.1) is 0 Å². The first kappa shape index (κ1) is 15.2. The Labute approximate surface area is 124 Å². The summed E-state index contributed by atoms with van der Waals surface area (Å²) in [5, 5.41) is 9.45. The molecule has 0 aliphatic carbocycles. The van der Waals surface area contributed by atoms with Gasteiger partial charge in [0.05, 0.1) is 11.4 Å². The zero-order valence-corrected chi connectivity index (χ0v) is 12.8. The summed E-state index contributed by atoms with van der Waals surface area (Å²) in [6, 6.07) is 7.94. The van der Waals surface area contributed by atoms with Crippen molar-refractivity contribution in [2.24, 2.45) is 0 Å². The number of hydrogen-bond acceptors (Lipinski definition) is 3. The van der Waals surface area contributed by atoms with Crippen molar-refractivity contribution in [3.63, 3.8) is 0 Å². The quantitative estimate of drug-likeness (QED) is 0.926. The Kier molecular flexibility index (Phi) is 4.36. The summed E-state index contributed by atoms with van der Waals surface area (Å²) in [6.07, 6.45) is 0.572. The van der Waals surface area contributed by atoms with Crippen LogP contribution in [0.2, 0.25) is 0 Å². The highest BCUT2D eigenvalue weighted by molar-refractivity contribution is 5.90. The second-order valence-corrected chi connectivity index (χ2v) is 5.44. The van der Waals surface area contributed by atoms with Crippen LogP contribution in [0.1, 0.15) is 54.0 Å². The molecule has 110 valence electrons. The van der Waals surface area contributed by atoms with Crippen molar-refractivity contribution < 1.29 is 9.90 Å². The Morgan fingerprint density at radius 3 is 2.52 bits per heavy atom. The van der Waals surface area contributed by atoms with Crippen LogP contribution in [0.5, 0.6) is 0 Å². The Balaban J connectivity index is 2.70. The summed E-state index contributed by atoms with van der Waals surface area (Å²) >= 11 is 0. The molecule has 0 fully saturated rings. The van der Waals surface area contributed by atoms with Gasteiger partial charge in [0.1, 0.15) is 5.56 Å². The molecule has 4 heteroatoms. The summed E-state index contributed by atoms with van der Waals surface area (Å²) < 4.78 is 0. The maximum absolute atomic E-state index is 11.5. The monoisotopic (exact) mass is 284 g/mol. The Hall–Kier alpha value is -2.23. The number of benzene rings is 1. The molecule has 1 N–H and O–H groups in total. The smallest absolute Gasteiger partial charge is 0.339 e. The van der Waals surface area contributed by atoms with E-state index in [0.29, 0.717) is 23.6 Å². The predicted octanol–water partition coefficient (Wildman–Crippen LogP) is 3.84. The lowest BCUT2D eigenvalue weighted by Gasteiger charge is -2.14. The molecule has 0 atom stereocenters. The average molecular weight is 284 g/mol. The van der Waals surface area contributed by atoms with E-state index in [1.165, 1.54) is 0 Å². The van der Waals surface area contributed by atoms with Crippen LogP contribution >= 0.6 is 0 Å². The number of nitrogens with zero attached hydrogens (tertiary/aromatic N) is 2. The minimum Gasteiger partial charge on any atom is -0.478 e. The van der Waals surface area contributed by atoms with E-state index < -0.39 is 5.97 Å². The average Bonchev–Trinajstić information content (AvgIpc) is 2.45. The van der Waals surface area contributed by atoms with Crippen molar-refractivity contribution in [3.05, 3.63) is 46.8 Å². The molecule has 0 aliphatic heterocycles. The first-order valence-electron chi connectivity index (χ1n) is 7.15. The van der Waals surface area contributed by atoms with E-state index in [9.17, 15) is 9.90 Å². The van der Waals surface area contributed by atoms with Gasteiger partial charge >= 0.3 is 5.97 Å². The van der Waals surface area contributed by atoms with Gasteiger partial charge in [0.25, 0.3) is 0 Å². The molecular formula is C17H20N2O2. The highest BCUT2D eigenvalue weighted by Gasteiger charge is 2.21. The van der Waals surface area contributed by atoms with Gasteiger partial charge in [0.2, 0.25) is 0 Å². The molecule has 21 heavy (non-hydrogen) atoms. The van der Waals surface area contributed by atoms with Crippen molar-refractivity contribution in [2.75, 3.05) is 0 Å². The molecule has 0 saturated carbocycles. The molecule has 1 heterocycles. The van der Waals surface area contributed by atoms with Crippen LogP contribution in [0.15, 0.2) is 24.3 Å². The van der Waals surface area contributed by atoms with E-state index >= 15 is 0 Å². The highest BCUT2D eigenvalue weighted by atomic mass is 16.4. The molecule has 1 aromatic heterocycles. The lowest BCUT2D eigenvalue weighted by atomic mass is 10.0. The molecular weight excluding hydrogens is 264 g/mol. The summed E-state index contributed by atoms with van der Waals surface area (Å²) in [7, 11) is 0. The molecule has 0 amide bonds. The third-order valence-electron chi connectivity index (χ3n) is 3.38. The largest absolute Gasteiger partial charge is 0.478 e. The second kappa shape index (κ2) is 6.04. The molecule has 2 rings (SSSR count). The zero-order valence-electron chi connectivity index (χ0n) is 12.8. The number of hydrogen-bond donors (Lipinski definition) is 1. The third-order valence-corrected chi connectivity index (χ3v) is 3.38. The molecule has 4 nitrogen and oxygen atoms in total. The Bertz CT molecular complexity index is 678.